The number of morpholine rings is 1. The highest BCUT2D eigenvalue weighted by Crippen LogP contribution is 2.33. The zero-order chi connectivity index (χ0) is 19.8. The number of likely N-dealkylation sites (tertiary alicyclic amines) is 1. The van der Waals surface area contributed by atoms with Crippen LogP contribution in [0, 0.1) is 13.8 Å². The summed E-state index contributed by atoms with van der Waals surface area (Å²) in [6.07, 6.45) is 0.942. The van der Waals surface area contributed by atoms with Crippen molar-refractivity contribution in [1.82, 2.24) is 15.1 Å². The van der Waals surface area contributed by atoms with Crippen molar-refractivity contribution >= 4 is 11.7 Å². The molecule has 2 aliphatic heterocycles. The van der Waals surface area contributed by atoms with Crippen LogP contribution in [-0.4, -0.2) is 64.5 Å². The number of piperidine rings is 1. The fourth-order valence-electron chi connectivity index (χ4n) is 4.33. The molecule has 1 N–H and O–H groups in total. The number of aromatic nitrogens is 2. The fraction of sp³-hybridized carbons (Fsp3) is 0.476. The number of phenols is 1. The number of hydrogen-bond acceptors (Lipinski definition) is 6. The van der Waals surface area contributed by atoms with Gasteiger partial charge in [-0.25, -0.2) is 0 Å². The first-order valence-corrected chi connectivity index (χ1v) is 9.72. The van der Waals surface area contributed by atoms with E-state index in [-0.39, 0.29) is 23.8 Å². The van der Waals surface area contributed by atoms with Crippen molar-refractivity contribution in [3.05, 3.63) is 35.4 Å². The van der Waals surface area contributed by atoms with Crippen LogP contribution in [0.3, 0.4) is 0 Å². The molecule has 7 nitrogen and oxygen atoms in total. The summed E-state index contributed by atoms with van der Waals surface area (Å²) in [6, 6.07) is 7.69. The lowest BCUT2D eigenvalue weighted by atomic mass is 9.98. The molecule has 2 aromatic rings. The van der Waals surface area contributed by atoms with E-state index < -0.39 is 0 Å². The maximum atomic E-state index is 11.8. The molecule has 0 spiro atoms. The van der Waals surface area contributed by atoms with Gasteiger partial charge >= 0.3 is 0 Å². The number of aromatic hydroxyl groups is 1. The number of carbonyl (C=O) groups is 1. The summed E-state index contributed by atoms with van der Waals surface area (Å²) in [7, 11) is 0. The van der Waals surface area contributed by atoms with Crippen LogP contribution in [0.2, 0.25) is 0 Å². The van der Waals surface area contributed by atoms with Crippen molar-refractivity contribution in [2.45, 2.75) is 39.3 Å². The topological polar surface area (TPSA) is 78.8 Å². The van der Waals surface area contributed by atoms with Crippen molar-refractivity contribution in [3.63, 3.8) is 0 Å². The van der Waals surface area contributed by atoms with Crippen LogP contribution >= 0.6 is 0 Å². The van der Waals surface area contributed by atoms with Gasteiger partial charge in [-0.1, -0.05) is 6.07 Å². The Morgan fingerprint density at radius 1 is 1.21 bits per heavy atom. The molecule has 2 saturated heterocycles. The summed E-state index contributed by atoms with van der Waals surface area (Å²) >= 11 is 0. The van der Waals surface area contributed by atoms with Crippen molar-refractivity contribution in [3.8, 4) is 17.0 Å². The molecule has 148 valence electrons. The zero-order valence-corrected chi connectivity index (χ0v) is 16.6. The molecule has 7 heteroatoms. The number of rotatable bonds is 2. The third kappa shape index (κ3) is 3.42. The van der Waals surface area contributed by atoms with E-state index in [0.717, 1.165) is 36.5 Å². The SMILES string of the molecule is CC(=O)N1CCC2OCCN(c3ccc(-c4c(C)cc(C)cc4O)nn3)C2C1. The smallest absolute Gasteiger partial charge is 0.219 e. The van der Waals surface area contributed by atoms with E-state index in [1.165, 1.54) is 0 Å². The molecular formula is C21H26N4O3. The van der Waals surface area contributed by atoms with E-state index in [1.54, 1.807) is 13.0 Å². The Hall–Kier alpha value is -2.67. The van der Waals surface area contributed by atoms with Gasteiger partial charge in [0.15, 0.2) is 5.82 Å². The summed E-state index contributed by atoms with van der Waals surface area (Å²) in [5, 5.41) is 19.2. The van der Waals surface area contributed by atoms with Crippen LogP contribution in [0.4, 0.5) is 5.82 Å². The Morgan fingerprint density at radius 2 is 2.04 bits per heavy atom. The second-order valence-electron chi connectivity index (χ2n) is 7.68. The third-order valence-corrected chi connectivity index (χ3v) is 5.69. The van der Waals surface area contributed by atoms with Crippen LogP contribution in [-0.2, 0) is 9.53 Å². The number of fused-ring (bicyclic) bond motifs is 1. The van der Waals surface area contributed by atoms with Crippen molar-refractivity contribution < 1.29 is 14.6 Å². The highest BCUT2D eigenvalue weighted by Gasteiger charge is 2.38. The maximum absolute atomic E-state index is 11.8. The normalized spacial score (nSPS) is 22.1. The first-order chi connectivity index (χ1) is 13.4. The number of anilines is 1. The standard InChI is InChI=1S/C21H26N4O3/c1-13-10-14(2)21(18(27)11-13)16-4-5-20(23-22-16)25-8-9-28-19-6-7-24(15(3)26)12-17(19)25/h4-5,10-11,17,19,27H,6-9,12H2,1-3H3. The van der Waals surface area contributed by atoms with Crippen molar-refractivity contribution in [1.29, 1.82) is 0 Å². The van der Waals surface area contributed by atoms with Gasteiger partial charge in [0.25, 0.3) is 0 Å². The lowest BCUT2D eigenvalue weighted by Crippen LogP contribution is -2.61. The van der Waals surface area contributed by atoms with Gasteiger partial charge in [0.05, 0.1) is 24.4 Å². The van der Waals surface area contributed by atoms with E-state index in [0.29, 0.717) is 24.4 Å². The summed E-state index contributed by atoms with van der Waals surface area (Å²) in [4.78, 5) is 15.9. The van der Waals surface area contributed by atoms with Crippen molar-refractivity contribution in [2.75, 3.05) is 31.1 Å². The molecule has 3 heterocycles. The molecule has 0 radical (unpaired) electrons. The van der Waals surface area contributed by atoms with Gasteiger partial charge in [0, 0.05) is 32.1 Å². The van der Waals surface area contributed by atoms with Crippen LogP contribution < -0.4 is 4.90 Å². The molecule has 4 rings (SSSR count). The molecular weight excluding hydrogens is 356 g/mol. The zero-order valence-electron chi connectivity index (χ0n) is 16.6. The van der Waals surface area contributed by atoms with Gasteiger partial charge < -0.3 is 19.6 Å². The van der Waals surface area contributed by atoms with Gasteiger partial charge in [-0.2, -0.15) is 0 Å². The minimum Gasteiger partial charge on any atom is -0.507 e. The maximum Gasteiger partial charge on any atom is 0.219 e. The first kappa shape index (κ1) is 18.7. The highest BCUT2D eigenvalue weighted by molar-refractivity contribution is 5.73. The first-order valence-electron chi connectivity index (χ1n) is 9.72. The van der Waals surface area contributed by atoms with E-state index in [1.807, 2.05) is 36.9 Å². The van der Waals surface area contributed by atoms with Gasteiger partial charge in [0.2, 0.25) is 5.91 Å². The Labute approximate surface area is 164 Å². The lowest BCUT2D eigenvalue weighted by molar-refractivity contribution is -0.132. The molecule has 2 unspecified atom stereocenters. The number of hydrogen-bond donors (Lipinski definition) is 1. The molecule has 2 atom stereocenters. The number of amides is 1. The average Bonchev–Trinajstić information content (AvgIpc) is 2.67. The number of aryl methyl sites for hydroxylation is 2. The number of benzene rings is 1. The lowest BCUT2D eigenvalue weighted by Gasteiger charge is -2.47. The van der Waals surface area contributed by atoms with E-state index >= 15 is 0 Å². The van der Waals surface area contributed by atoms with Gasteiger partial charge in [-0.05, 0) is 49.6 Å². The van der Waals surface area contributed by atoms with Gasteiger partial charge in [-0.15, -0.1) is 10.2 Å². The molecule has 2 aliphatic rings. The van der Waals surface area contributed by atoms with Crippen LogP contribution in [0.25, 0.3) is 11.3 Å². The molecule has 2 fully saturated rings. The molecule has 0 bridgehead atoms. The number of nitrogens with zero attached hydrogens (tertiary/aromatic N) is 4. The van der Waals surface area contributed by atoms with Crippen LogP contribution in [0.15, 0.2) is 24.3 Å². The molecule has 28 heavy (non-hydrogen) atoms. The minimum absolute atomic E-state index is 0.0843. The largest absolute Gasteiger partial charge is 0.507 e. The summed E-state index contributed by atoms with van der Waals surface area (Å²) in [5.41, 5.74) is 3.34. The average molecular weight is 382 g/mol. The van der Waals surface area contributed by atoms with E-state index in [4.69, 9.17) is 4.74 Å². The molecule has 1 amide bonds. The van der Waals surface area contributed by atoms with E-state index in [2.05, 4.69) is 15.1 Å². The molecule has 1 aromatic heterocycles. The predicted octanol–water partition coefficient (Wildman–Crippen LogP) is 2.29. The highest BCUT2D eigenvalue weighted by atomic mass is 16.5. The van der Waals surface area contributed by atoms with Crippen molar-refractivity contribution in [2.24, 2.45) is 0 Å². The third-order valence-electron chi connectivity index (χ3n) is 5.69. The van der Waals surface area contributed by atoms with Gasteiger partial charge in [-0.3, -0.25) is 4.79 Å². The summed E-state index contributed by atoms with van der Waals surface area (Å²) in [5.74, 6) is 1.09. The van der Waals surface area contributed by atoms with E-state index in [9.17, 15) is 9.90 Å². The number of ether oxygens (including phenoxy) is 1. The van der Waals surface area contributed by atoms with Gasteiger partial charge in [0.1, 0.15) is 5.75 Å². The Morgan fingerprint density at radius 3 is 2.71 bits per heavy atom. The second-order valence-corrected chi connectivity index (χ2v) is 7.68. The number of carbonyl (C=O) groups excluding carboxylic acids is 1. The Balaban J connectivity index is 1.60. The fourth-order valence-corrected chi connectivity index (χ4v) is 4.33. The number of phenolic OH excluding ortho intramolecular Hbond substituents is 1. The molecule has 0 saturated carbocycles. The predicted molar refractivity (Wildman–Crippen MR) is 106 cm³/mol. The summed E-state index contributed by atoms with van der Waals surface area (Å²) in [6.45, 7) is 8.26. The minimum atomic E-state index is 0.0843. The van der Waals surface area contributed by atoms with Crippen LogP contribution in [0.5, 0.6) is 5.75 Å². The monoisotopic (exact) mass is 382 g/mol. The summed E-state index contributed by atoms with van der Waals surface area (Å²) < 4.78 is 5.94. The Kier molecular flexibility index (Phi) is 4.93. The molecule has 1 aromatic carbocycles. The molecule has 0 aliphatic carbocycles. The Bertz CT molecular complexity index is 861. The van der Waals surface area contributed by atoms with Crippen LogP contribution in [0.1, 0.15) is 24.5 Å². The second kappa shape index (κ2) is 7.39. The quantitative estimate of drug-likeness (QED) is 0.859.